The van der Waals surface area contributed by atoms with E-state index in [4.69, 9.17) is 9.47 Å². The lowest BCUT2D eigenvalue weighted by molar-refractivity contribution is -0.114. The highest BCUT2D eigenvalue weighted by molar-refractivity contribution is 9.10. The van der Waals surface area contributed by atoms with E-state index < -0.39 is 0 Å². The van der Waals surface area contributed by atoms with Crippen molar-refractivity contribution in [1.29, 1.82) is 0 Å². The van der Waals surface area contributed by atoms with Gasteiger partial charge in [0, 0.05) is 29.0 Å². The fourth-order valence-electron chi connectivity index (χ4n) is 1.86. The Morgan fingerprint density at radius 2 is 1.87 bits per heavy atom. The van der Waals surface area contributed by atoms with Crippen molar-refractivity contribution >= 4 is 33.2 Å². The highest BCUT2D eigenvalue weighted by Gasteiger charge is 2.03. The van der Waals surface area contributed by atoms with Gasteiger partial charge in [-0.3, -0.25) is 4.79 Å². The van der Waals surface area contributed by atoms with Crippen LogP contribution in [0, 0.1) is 0 Å². The molecular weight excluding hydrogens is 360 g/mol. The maximum absolute atomic E-state index is 11.9. The van der Waals surface area contributed by atoms with Crippen LogP contribution in [0.5, 0.6) is 5.75 Å². The minimum atomic E-state index is -0.113. The maximum atomic E-state index is 11.9. The third kappa shape index (κ3) is 6.30. The molecule has 2 rings (SSSR count). The molecule has 1 amide bonds. The molecule has 6 heteroatoms. The van der Waals surface area contributed by atoms with Crippen LogP contribution in [0.1, 0.15) is 0 Å². The lowest BCUT2D eigenvalue weighted by Gasteiger charge is -2.10. The first-order valence-corrected chi connectivity index (χ1v) is 7.98. The molecule has 2 aromatic carbocycles. The van der Waals surface area contributed by atoms with Gasteiger partial charge in [0.05, 0.1) is 13.2 Å². The predicted octanol–water partition coefficient (Wildman–Crippen LogP) is 3.52. The molecule has 122 valence electrons. The van der Waals surface area contributed by atoms with Crippen LogP contribution in [-0.2, 0) is 9.53 Å². The highest BCUT2D eigenvalue weighted by Crippen LogP contribution is 2.17. The molecule has 0 unspecified atom stereocenters. The summed E-state index contributed by atoms with van der Waals surface area (Å²) in [5.74, 6) is 0.624. The quantitative estimate of drug-likeness (QED) is 0.689. The largest absolute Gasteiger partial charge is 0.491 e. The fourth-order valence-corrected chi connectivity index (χ4v) is 2.12. The van der Waals surface area contributed by atoms with Crippen LogP contribution >= 0.6 is 15.9 Å². The molecule has 2 N–H and O–H groups in total. The van der Waals surface area contributed by atoms with Gasteiger partial charge < -0.3 is 20.1 Å². The number of carbonyl (C=O) groups excluding carboxylic acids is 1. The van der Waals surface area contributed by atoms with E-state index in [-0.39, 0.29) is 12.5 Å². The Kier molecular flexibility index (Phi) is 6.90. The number of benzene rings is 2. The van der Waals surface area contributed by atoms with Gasteiger partial charge in [0.2, 0.25) is 5.91 Å². The minimum Gasteiger partial charge on any atom is -0.491 e. The van der Waals surface area contributed by atoms with Crippen LogP contribution in [-0.4, -0.2) is 32.8 Å². The summed E-state index contributed by atoms with van der Waals surface area (Å²) in [5.41, 5.74) is 1.59. The van der Waals surface area contributed by atoms with Gasteiger partial charge in [0.25, 0.3) is 0 Å². The first kappa shape index (κ1) is 17.3. The van der Waals surface area contributed by atoms with Gasteiger partial charge in [-0.15, -0.1) is 0 Å². The summed E-state index contributed by atoms with van der Waals surface area (Å²) < 4.78 is 11.4. The Bertz CT molecular complexity index is 632. The summed E-state index contributed by atoms with van der Waals surface area (Å²) in [6, 6.07) is 14.9. The number of rotatable bonds is 8. The smallest absolute Gasteiger partial charge is 0.243 e. The molecule has 0 aromatic heterocycles. The van der Waals surface area contributed by atoms with Gasteiger partial charge >= 0.3 is 0 Å². The zero-order valence-corrected chi connectivity index (χ0v) is 14.4. The number of hydrogen-bond acceptors (Lipinski definition) is 4. The highest BCUT2D eigenvalue weighted by atomic mass is 79.9. The minimum absolute atomic E-state index is 0.113. The van der Waals surface area contributed by atoms with E-state index in [0.717, 1.165) is 21.6 Å². The summed E-state index contributed by atoms with van der Waals surface area (Å²) in [4.78, 5) is 11.9. The van der Waals surface area contributed by atoms with Crippen LogP contribution in [0.3, 0.4) is 0 Å². The Hall–Kier alpha value is -2.05. The Morgan fingerprint density at radius 3 is 2.61 bits per heavy atom. The molecule has 0 aliphatic carbocycles. The van der Waals surface area contributed by atoms with Gasteiger partial charge in [0.1, 0.15) is 12.4 Å². The van der Waals surface area contributed by atoms with Crippen molar-refractivity contribution in [3.8, 4) is 5.75 Å². The number of hydrogen-bond donors (Lipinski definition) is 2. The molecule has 0 spiro atoms. The van der Waals surface area contributed by atoms with Crippen molar-refractivity contribution in [2.75, 3.05) is 37.5 Å². The van der Waals surface area contributed by atoms with Gasteiger partial charge in [-0.05, 0) is 36.4 Å². The number of anilines is 2. The topological polar surface area (TPSA) is 59.6 Å². The zero-order valence-electron chi connectivity index (χ0n) is 12.8. The summed E-state index contributed by atoms with van der Waals surface area (Å²) in [7, 11) is 1.63. The molecule has 0 radical (unpaired) electrons. The van der Waals surface area contributed by atoms with Crippen LogP contribution in [0.4, 0.5) is 11.4 Å². The average molecular weight is 379 g/mol. The third-order valence-corrected chi connectivity index (χ3v) is 3.50. The van der Waals surface area contributed by atoms with Crippen molar-refractivity contribution < 1.29 is 14.3 Å². The molecule has 5 nitrogen and oxygen atoms in total. The van der Waals surface area contributed by atoms with Gasteiger partial charge in [0.15, 0.2) is 0 Å². The lowest BCUT2D eigenvalue weighted by atomic mass is 10.3. The van der Waals surface area contributed by atoms with E-state index in [1.807, 2.05) is 48.5 Å². The molecule has 2 aromatic rings. The number of amides is 1. The summed E-state index contributed by atoms with van der Waals surface area (Å²) in [5, 5.41) is 5.90. The second-order valence-corrected chi connectivity index (χ2v) is 5.69. The van der Waals surface area contributed by atoms with E-state index >= 15 is 0 Å². The standard InChI is InChI=1S/C17H19BrN2O3/c1-22-9-10-23-16-4-2-3-15(11-16)19-12-17(21)20-14-7-5-13(18)6-8-14/h2-8,11,19H,9-10,12H2,1H3,(H,20,21). The average Bonchev–Trinajstić information content (AvgIpc) is 2.56. The van der Waals surface area contributed by atoms with E-state index in [2.05, 4.69) is 26.6 Å². The van der Waals surface area contributed by atoms with Crippen LogP contribution in [0.15, 0.2) is 53.0 Å². The van der Waals surface area contributed by atoms with Crippen LogP contribution in [0.2, 0.25) is 0 Å². The van der Waals surface area contributed by atoms with Crippen LogP contribution < -0.4 is 15.4 Å². The molecule has 0 atom stereocenters. The molecule has 0 saturated carbocycles. The number of halogens is 1. The Labute approximate surface area is 144 Å². The monoisotopic (exact) mass is 378 g/mol. The number of nitrogens with one attached hydrogen (secondary N) is 2. The fraction of sp³-hybridized carbons (Fsp3) is 0.235. The molecule has 23 heavy (non-hydrogen) atoms. The van der Waals surface area contributed by atoms with Gasteiger partial charge in [-0.1, -0.05) is 22.0 Å². The van der Waals surface area contributed by atoms with Gasteiger partial charge in [-0.2, -0.15) is 0 Å². The predicted molar refractivity (Wildman–Crippen MR) is 95.1 cm³/mol. The van der Waals surface area contributed by atoms with Crippen molar-refractivity contribution in [2.45, 2.75) is 0 Å². The molecule has 0 heterocycles. The number of methoxy groups -OCH3 is 1. The summed E-state index contributed by atoms with van der Waals surface area (Å²) >= 11 is 3.36. The molecule has 0 saturated heterocycles. The zero-order chi connectivity index (χ0) is 16.5. The molecule has 0 fully saturated rings. The van der Waals surface area contributed by atoms with Crippen LogP contribution in [0.25, 0.3) is 0 Å². The van der Waals surface area contributed by atoms with Crippen molar-refractivity contribution in [1.82, 2.24) is 0 Å². The normalized spacial score (nSPS) is 10.2. The van der Waals surface area contributed by atoms with E-state index in [1.165, 1.54) is 0 Å². The first-order chi connectivity index (χ1) is 11.2. The van der Waals surface area contributed by atoms with E-state index in [1.54, 1.807) is 7.11 Å². The van der Waals surface area contributed by atoms with Gasteiger partial charge in [-0.25, -0.2) is 0 Å². The van der Waals surface area contributed by atoms with E-state index in [9.17, 15) is 4.79 Å². The lowest BCUT2D eigenvalue weighted by Crippen LogP contribution is -2.21. The Morgan fingerprint density at radius 1 is 1.09 bits per heavy atom. The third-order valence-electron chi connectivity index (χ3n) is 2.97. The van der Waals surface area contributed by atoms with E-state index in [0.29, 0.717) is 13.2 Å². The summed E-state index contributed by atoms with van der Waals surface area (Å²) in [6.45, 7) is 1.20. The number of carbonyl (C=O) groups is 1. The Balaban J connectivity index is 1.81. The van der Waals surface area contributed by atoms with Crippen molar-refractivity contribution in [3.63, 3.8) is 0 Å². The SMILES string of the molecule is COCCOc1cccc(NCC(=O)Nc2ccc(Br)cc2)c1. The second kappa shape index (κ2) is 9.17. The second-order valence-electron chi connectivity index (χ2n) is 4.78. The molecule has 0 aliphatic rings. The molecule has 0 bridgehead atoms. The van der Waals surface area contributed by atoms with Crippen molar-refractivity contribution in [2.24, 2.45) is 0 Å². The first-order valence-electron chi connectivity index (χ1n) is 7.18. The number of ether oxygens (including phenoxy) is 2. The molecular formula is C17H19BrN2O3. The van der Waals surface area contributed by atoms with Crippen molar-refractivity contribution in [3.05, 3.63) is 53.0 Å². The molecule has 0 aliphatic heterocycles. The maximum Gasteiger partial charge on any atom is 0.243 e. The summed E-state index contributed by atoms with van der Waals surface area (Å²) in [6.07, 6.45) is 0.